The van der Waals surface area contributed by atoms with Crippen LogP contribution in [0.2, 0.25) is 0 Å². The Bertz CT molecular complexity index is 454. The third-order valence-corrected chi connectivity index (χ3v) is 3.00. The molecule has 0 spiro atoms. The van der Waals surface area contributed by atoms with E-state index in [0.29, 0.717) is 42.5 Å². The van der Waals surface area contributed by atoms with E-state index < -0.39 is 0 Å². The normalized spacial score (nSPS) is 10.2. The number of amides is 1. The van der Waals surface area contributed by atoms with Crippen molar-refractivity contribution in [2.45, 2.75) is 0 Å². The van der Waals surface area contributed by atoms with Crippen LogP contribution in [0.25, 0.3) is 0 Å². The van der Waals surface area contributed by atoms with Crippen molar-refractivity contribution in [1.82, 2.24) is 10.6 Å². The zero-order valence-electron chi connectivity index (χ0n) is 13.5. The first-order valence-electron chi connectivity index (χ1n) is 6.95. The molecular formula is C15H24N2O5. The topological polar surface area (TPSA) is 78.1 Å². The van der Waals surface area contributed by atoms with Gasteiger partial charge in [-0.2, -0.15) is 0 Å². The highest BCUT2D eigenvalue weighted by atomic mass is 16.5. The van der Waals surface area contributed by atoms with Gasteiger partial charge in [0.1, 0.15) is 0 Å². The van der Waals surface area contributed by atoms with Crippen molar-refractivity contribution in [2.75, 3.05) is 54.7 Å². The van der Waals surface area contributed by atoms with Crippen LogP contribution in [0.15, 0.2) is 12.1 Å². The lowest BCUT2D eigenvalue weighted by Gasteiger charge is -2.14. The smallest absolute Gasteiger partial charge is 0.251 e. The molecule has 22 heavy (non-hydrogen) atoms. The van der Waals surface area contributed by atoms with Gasteiger partial charge in [0.15, 0.2) is 11.5 Å². The number of ether oxygens (including phenoxy) is 4. The van der Waals surface area contributed by atoms with Gasteiger partial charge in [0.05, 0.1) is 27.9 Å². The average Bonchev–Trinajstić information content (AvgIpc) is 2.56. The summed E-state index contributed by atoms with van der Waals surface area (Å²) < 4.78 is 20.6. The fourth-order valence-corrected chi connectivity index (χ4v) is 1.88. The van der Waals surface area contributed by atoms with Crippen molar-refractivity contribution in [3.05, 3.63) is 17.7 Å². The molecule has 0 atom stereocenters. The predicted molar refractivity (Wildman–Crippen MR) is 83.2 cm³/mol. The molecule has 0 saturated carbocycles. The molecule has 0 heterocycles. The molecule has 0 bridgehead atoms. The van der Waals surface area contributed by atoms with Crippen molar-refractivity contribution < 1.29 is 23.7 Å². The molecule has 2 N–H and O–H groups in total. The van der Waals surface area contributed by atoms with Crippen molar-refractivity contribution >= 4 is 5.91 Å². The van der Waals surface area contributed by atoms with Crippen molar-refractivity contribution in [2.24, 2.45) is 0 Å². The number of methoxy groups -OCH3 is 4. The number of rotatable bonds is 10. The zero-order valence-corrected chi connectivity index (χ0v) is 13.5. The van der Waals surface area contributed by atoms with E-state index >= 15 is 0 Å². The number of carbonyl (C=O) groups is 1. The van der Waals surface area contributed by atoms with Gasteiger partial charge in [-0.05, 0) is 12.1 Å². The fraction of sp³-hybridized carbons (Fsp3) is 0.533. The Kier molecular flexibility index (Phi) is 8.09. The monoisotopic (exact) mass is 312 g/mol. The Balaban J connectivity index is 2.65. The summed E-state index contributed by atoms with van der Waals surface area (Å²) in [6.45, 7) is 2.57. The van der Waals surface area contributed by atoms with Crippen molar-refractivity contribution in [1.29, 1.82) is 0 Å². The molecule has 0 unspecified atom stereocenters. The van der Waals surface area contributed by atoms with E-state index in [0.717, 1.165) is 6.54 Å². The number of hydrogen-bond donors (Lipinski definition) is 2. The molecule has 0 aromatic heterocycles. The van der Waals surface area contributed by atoms with Crippen LogP contribution in [0.4, 0.5) is 0 Å². The molecule has 1 amide bonds. The summed E-state index contributed by atoms with van der Waals surface area (Å²) in [6, 6.07) is 3.24. The summed E-state index contributed by atoms with van der Waals surface area (Å²) in [4.78, 5) is 12.2. The molecule has 0 fully saturated rings. The number of nitrogens with one attached hydrogen (secondary N) is 2. The summed E-state index contributed by atoms with van der Waals surface area (Å²) in [7, 11) is 6.19. The van der Waals surface area contributed by atoms with Gasteiger partial charge >= 0.3 is 0 Å². The van der Waals surface area contributed by atoms with Crippen LogP contribution in [0.5, 0.6) is 17.2 Å². The molecule has 1 aromatic rings. The first-order valence-corrected chi connectivity index (χ1v) is 6.95. The molecular weight excluding hydrogens is 288 g/mol. The summed E-state index contributed by atoms with van der Waals surface area (Å²) >= 11 is 0. The van der Waals surface area contributed by atoms with E-state index in [2.05, 4.69) is 10.6 Å². The molecule has 0 saturated heterocycles. The molecule has 1 aromatic carbocycles. The number of carbonyl (C=O) groups excluding carboxylic acids is 1. The highest BCUT2D eigenvalue weighted by Crippen LogP contribution is 2.38. The molecule has 0 aliphatic heterocycles. The number of hydrogen-bond acceptors (Lipinski definition) is 6. The van der Waals surface area contributed by atoms with E-state index in [-0.39, 0.29) is 5.91 Å². The van der Waals surface area contributed by atoms with E-state index in [1.165, 1.54) is 21.3 Å². The standard InChI is InChI=1S/C15H24N2O5/c1-19-8-7-16-5-6-17-15(18)11-9-12(20-2)14(22-4)13(10-11)21-3/h9-10,16H,5-8H2,1-4H3,(H,17,18). The van der Waals surface area contributed by atoms with Gasteiger partial charge in [0.2, 0.25) is 5.75 Å². The van der Waals surface area contributed by atoms with Gasteiger partial charge in [-0.1, -0.05) is 0 Å². The quantitative estimate of drug-likeness (QED) is 0.619. The minimum atomic E-state index is -0.201. The summed E-state index contributed by atoms with van der Waals surface area (Å²) in [5.74, 6) is 1.16. The maximum Gasteiger partial charge on any atom is 0.251 e. The highest BCUT2D eigenvalue weighted by Gasteiger charge is 2.16. The largest absolute Gasteiger partial charge is 0.493 e. The van der Waals surface area contributed by atoms with Gasteiger partial charge in [0, 0.05) is 32.3 Å². The SMILES string of the molecule is COCCNCCNC(=O)c1cc(OC)c(OC)c(OC)c1. The molecule has 7 heteroatoms. The van der Waals surface area contributed by atoms with Crippen LogP contribution < -0.4 is 24.8 Å². The minimum absolute atomic E-state index is 0.201. The number of benzene rings is 1. The lowest BCUT2D eigenvalue weighted by atomic mass is 10.1. The van der Waals surface area contributed by atoms with Crippen LogP contribution in [-0.4, -0.2) is 60.6 Å². The predicted octanol–water partition coefficient (Wildman–Crippen LogP) is 0.678. The van der Waals surface area contributed by atoms with Crippen LogP contribution in [-0.2, 0) is 4.74 Å². The third kappa shape index (κ3) is 5.09. The summed E-state index contributed by atoms with van der Waals surface area (Å²) in [5, 5.41) is 5.97. The second kappa shape index (κ2) is 9.86. The fourth-order valence-electron chi connectivity index (χ4n) is 1.88. The minimum Gasteiger partial charge on any atom is -0.493 e. The van der Waals surface area contributed by atoms with Crippen LogP contribution in [0.1, 0.15) is 10.4 Å². The molecule has 124 valence electrons. The molecule has 7 nitrogen and oxygen atoms in total. The second-order valence-corrected chi connectivity index (χ2v) is 4.41. The Morgan fingerprint density at radius 3 is 2.09 bits per heavy atom. The van der Waals surface area contributed by atoms with Crippen molar-refractivity contribution in [3.63, 3.8) is 0 Å². The van der Waals surface area contributed by atoms with Gasteiger partial charge in [-0.3, -0.25) is 4.79 Å². The zero-order chi connectivity index (χ0) is 16.4. The summed E-state index contributed by atoms with van der Waals surface area (Å²) in [5.41, 5.74) is 0.450. The highest BCUT2D eigenvalue weighted by molar-refractivity contribution is 5.95. The Morgan fingerprint density at radius 1 is 0.955 bits per heavy atom. The molecule has 0 radical (unpaired) electrons. The van der Waals surface area contributed by atoms with Gasteiger partial charge < -0.3 is 29.6 Å². The second-order valence-electron chi connectivity index (χ2n) is 4.41. The maximum absolute atomic E-state index is 12.2. The first-order chi connectivity index (χ1) is 10.7. The molecule has 0 aliphatic carbocycles. The van der Waals surface area contributed by atoms with Gasteiger partial charge in [0.25, 0.3) is 5.91 Å². The Morgan fingerprint density at radius 2 is 1.59 bits per heavy atom. The summed E-state index contributed by atoms with van der Waals surface area (Å²) in [6.07, 6.45) is 0. The van der Waals surface area contributed by atoms with E-state index in [9.17, 15) is 4.79 Å². The molecule has 0 aliphatic rings. The Labute approximate surface area is 130 Å². The molecule has 1 rings (SSSR count). The lowest BCUT2D eigenvalue weighted by molar-refractivity contribution is 0.0953. The maximum atomic E-state index is 12.2. The van der Waals surface area contributed by atoms with Crippen LogP contribution in [0.3, 0.4) is 0 Å². The first kappa shape index (κ1) is 18.1. The van der Waals surface area contributed by atoms with Gasteiger partial charge in [-0.15, -0.1) is 0 Å². The lowest BCUT2D eigenvalue weighted by Crippen LogP contribution is -2.33. The van der Waals surface area contributed by atoms with E-state index in [1.54, 1.807) is 19.2 Å². The van der Waals surface area contributed by atoms with E-state index in [1.807, 2.05) is 0 Å². The van der Waals surface area contributed by atoms with Crippen LogP contribution in [0, 0.1) is 0 Å². The third-order valence-electron chi connectivity index (χ3n) is 3.00. The van der Waals surface area contributed by atoms with Crippen LogP contribution >= 0.6 is 0 Å². The average molecular weight is 312 g/mol. The van der Waals surface area contributed by atoms with Crippen molar-refractivity contribution in [3.8, 4) is 17.2 Å². The van der Waals surface area contributed by atoms with Gasteiger partial charge in [-0.25, -0.2) is 0 Å². The Hall–Kier alpha value is -1.99. The van der Waals surface area contributed by atoms with E-state index in [4.69, 9.17) is 18.9 Å².